The van der Waals surface area contributed by atoms with Crippen LogP contribution >= 0.6 is 0 Å². The predicted octanol–water partition coefficient (Wildman–Crippen LogP) is 1.49. The van der Waals surface area contributed by atoms with Crippen molar-refractivity contribution >= 4 is 15.9 Å². The van der Waals surface area contributed by atoms with Crippen LogP contribution < -0.4 is 9.47 Å². The minimum atomic E-state index is -3.24. The first-order valence-electron chi connectivity index (χ1n) is 9.72. The lowest BCUT2D eigenvalue weighted by atomic mass is 9.99. The molecule has 0 atom stereocenters. The third kappa shape index (κ3) is 3.65. The molecular weight excluding hydrogens is 410 g/mol. The maximum atomic E-state index is 13.2. The Morgan fingerprint density at radius 2 is 1.73 bits per heavy atom. The largest absolute Gasteiger partial charge is 0.493 e. The summed E-state index contributed by atoms with van der Waals surface area (Å²) in [6, 6.07) is 7.24. The molecule has 0 spiro atoms. The molecule has 1 aromatic carbocycles. The summed E-state index contributed by atoms with van der Waals surface area (Å²) in [5.74, 6) is 1.73. The Morgan fingerprint density at radius 3 is 2.30 bits per heavy atom. The number of aromatic nitrogens is 1. The fraction of sp³-hybridized carbons (Fsp3) is 0.500. The van der Waals surface area contributed by atoms with Crippen molar-refractivity contribution in [1.29, 1.82) is 0 Å². The molecule has 1 saturated carbocycles. The van der Waals surface area contributed by atoms with Gasteiger partial charge in [0.15, 0.2) is 17.3 Å². The molecule has 1 amide bonds. The van der Waals surface area contributed by atoms with E-state index in [-0.39, 0.29) is 5.91 Å². The number of ether oxygens (including phenoxy) is 2. The second kappa shape index (κ2) is 7.59. The monoisotopic (exact) mass is 435 g/mol. The van der Waals surface area contributed by atoms with Crippen molar-refractivity contribution in [3.05, 3.63) is 30.0 Å². The van der Waals surface area contributed by atoms with Crippen LogP contribution in [-0.2, 0) is 20.2 Å². The molecule has 0 N–H and O–H groups in total. The molecule has 10 heteroatoms. The quantitative estimate of drug-likeness (QED) is 0.677. The molecule has 30 heavy (non-hydrogen) atoms. The van der Waals surface area contributed by atoms with Crippen molar-refractivity contribution < 1.29 is 27.2 Å². The molecule has 1 aliphatic carbocycles. The van der Waals surface area contributed by atoms with E-state index in [0.717, 1.165) is 5.56 Å². The van der Waals surface area contributed by atoms with Crippen LogP contribution in [-0.4, -0.2) is 75.3 Å². The highest BCUT2D eigenvalue weighted by atomic mass is 32.2. The SMILES string of the molecule is COc1ccc(-c2cc(C3(C(=O)N4CCN(S(C)(=O)=O)CC4)CC3)no2)cc1OC. The first-order chi connectivity index (χ1) is 14.3. The van der Waals surface area contributed by atoms with E-state index < -0.39 is 15.4 Å². The highest BCUT2D eigenvalue weighted by Gasteiger charge is 2.55. The summed E-state index contributed by atoms with van der Waals surface area (Å²) in [7, 11) is -0.100. The van der Waals surface area contributed by atoms with Gasteiger partial charge in [0.1, 0.15) is 0 Å². The van der Waals surface area contributed by atoms with E-state index in [4.69, 9.17) is 14.0 Å². The number of methoxy groups -OCH3 is 2. The number of nitrogens with zero attached hydrogens (tertiary/aromatic N) is 3. The first kappa shape index (κ1) is 20.7. The van der Waals surface area contributed by atoms with Gasteiger partial charge < -0.3 is 18.9 Å². The van der Waals surface area contributed by atoms with Gasteiger partial charge in [-0.25, -0.2) is 8.42 Å². The third-order valence-electron chi connectivity index (χ3n) is 5.82. The van der Waals surface area contributed by atoms with Gasteiger partial charge in [-0.05, 0) is 31.0 Å². The normalized spacial score (nSPS) is 18.8. The molecule has 4 rings (SSSR count). The minimum Gasteiger partial charge on any atom is -0.493 e. The van der Waals surface area contributed by atoms with Crippen LogP contribution in [0.2, 0.25) is 0 Å². The van der Waals surface area contributed by atoms with Crippen molar-refractivity contribution in [2.24, 2.45) is 0 Å². The standard InChI is InChI=1S/C20H25N3O6S/c1-27-15-5-4-14(12-17(15)28-2)16-13-18(21-29-16)20(6-7-20)19(24)22-8-10-23(11-9-22)30(3,25)26/h4-5,12-13H,6-11H2,1-3H3. The van der Waals surface area contributed by atoms with Crippen molar-refractivity contribution in [2.75, 3.05) is 46.7 Å². The number of hydrogen-bond donors (Lipinski definition) is 0. The van der Waals surface area contributed by atoms with Crippen molar-refractivity contribution in [3.8, 4) is 22.8 Å². The molecule has 2 aromatic rings. The van der Waals surface area contributed by atoms with Crippen LogP contribution in [0.1, 0.15) is 18.5 Å². The molecule has 1 saturated heterocycles. The van der Waals surface area contributed by atoms with E-state index in [1.165, 1.54) is 10.6 Å². The molecule has 162 valence electrons. The Bertz CT molecular complexity index is 1050. The summed E-state index contributed by atoms with van der Waals surface area (Å²) < 4.78 is 41.0. The first-order valence-corrected chi connectivity index (χ1v) is 11.6. The fourth-order valence-corrected chi connectivity index (χ4v) is 4.68. The summed E-state index contributed by atoms with van der Waals surface area (Å²) in [6.07, 6.45) is 2.60. The second-order valence-corrected chi connectivity index (χ2v) is 9.66. The Kier molecular flexibility index (Phi) is 5.23. The van der Waals surface area contributed by atoms with E-state index in [1.54, 1.807) is 37.3 Å². The van der Waals surface area contributed by atoms with Gasteiger partial charge in [0.05, 0.1) is 31.6 Å². The van der Waals surface area contributed by atoms with Crippen LogP contribution in [0.5, 0.6) is 11.5 Å². The van der Waals surface area contributed by atoms with E-state index in [9.17, 15) is 13.2 Å². The summed E-state index contributed by atoms with van der Waals surface area (Å²) >= 11 is 0. The number of amides is 1. The molecule has 0 bridgehead atoms. The van der Waals surface area contributed by atoms with Crippen molar-refractivity contribution in [3.63, 3.8) is 0 Å². The second-order valence-electron chi connectivity index (χ2n) is 7.68. The summed E-state index contributed by atoms with van der Waals surface area (Å²) in [5.41, 5.74) is 0.713. The van der Waals surface area contributed by atoms with Gasteiger partial charge in [-0.15, -0.1) is 0 Å². The highest BCUT2D eigenvalue weighted by Crippen LogP contribution is 2.50. The van der Waals surface area contributed by atoms with E-state index in [2.05, 4.69) is 5.16 Å². The van der Waals surface area contributed by atoms with Gasteiger partial charge in [0.2, 0.25) is 15.9 Å². The number of carbonyl (C=O) groups excluding carboxylic acids is 1. The van der Waals surface area contributed by atoms with E-state index in [0.29, 0.717) is 62.0 Å². The number of carbonyl (C=O) groups is 1. The van der Waals surface area contributed by atoms with Crippen LogP contribution in [0, 0.1) is 0 Å². The average molecular weight is 436 g/mol. The van der Waals surface area contributed by atoms with E-state index >= 15 is 0 Å². The molecule has 9 nitrogen and oxygen atoms in total. The van der Waals surface area contributed by atoms with Gasteiger partial charge in [-0.2, -0.15) is 4.31 Å². The van der Waals surface area contributed by atoms with Gasteiger partial charge in [0.25, 0.3) is 0 Å². The van der Waals surface area contributed by atoms with Crippen molar-refractivity contribution in [1.82, 2.24) is 14.4 Å². The van der Waals surface area contributed by atoms with E-state index in [1.807, 2.05) is 6.07 Å². The highest BCUT2D eigenvalue weighted by molar-refractivity contribution is 7.88. The van der Waals surface area contributed by atoms with Crippen LogP contribution in [0.3, 0.4) is 0 Å². The van der Waals surface area contributed by atoms with Crippen LogP contribution in [0.15, 0.2) is 28.8 Å². The smallest absolute Gasteiger partial charge is 0.235 e. The van der Waals surface area contributed by atoms with Gasteiger partial charge in [-0.1, -0.05) is 5.16 Å². The van der Waals surface area contributed by atoms with Gasteiger partial charge in [0, 0.05) is 37.8 Å². The minimum absolute atomic E-state index is 0.0113. The molecule has 2 aliphatic rings. The topological polar surface area (TPSA) is 102 Å². The molecule has 0 radical (unpaired) electrons. The lowest BCUT2D eigenvalue weighted by molar-refractivity contribution is -0.135. The maximum absolute atomic E-state index is 13.2. The third-order valence-corrected chi connectivity index (χ3v) is 7.13. The number of sulfonamides is 1. The molecule has 0 unspecified atom stereocenters. The molecular formula is C20H25N3O6S. The lowest BCUT2D eigenvalue weighted by Gasteiger charge is -2.35. The summed E-state index contributed by atoms with van der Waals surface area (Å²) in [6.45, 7) is 1.40. The molecule has 2 fully saturated rings. The number of hydrogen-bond acceptors (Lipinski definition) is 7. The zero-order valence-corrected chi connectivity index (χ0v) is 18.1. The molecule has 2 heterocycles. The Morgan fingerprint density at radius 1 is 1.07 bits per heavy atom. The average Bonchev–Trinajstić information content (AvgIpc) is 3.41. The zero-order valence-electron chi connectivity index (χ0n) is 17.3. The molecule has 1 aliphatic heterocycles. The fourth-order valence-electron chi connectivity index (χ4n) is 3.86. The predicted molar refractivity (Wildman–Crippen MR) is 109 cm³/mol. The maximum Gasteiger partial charge on any atom is 0.235 e. The Hall–Kier alpha value is -2.59. The number of piperazine rings is 1. The Labute approximate surface area is 175 Å². The van der Waals surface area contributed by atoms with Crippen LogP contribution in [0.4, 0.5) is 0 Å². The summed E-state index contributed by atoms with van der Waals surface area (Å²) in [5, 5.41) is 4.19. The Balaban J connectivity index is 1.51. The van der Waals surface area contributed by atoms with Gasteiger partial charge >= 0.3 is 0 Å². The lowest BCUT2D eigenvalue weighted by Crippen LogP contribution is -2.52. The zero-order chi connectivity index (χ0) is 21.5. The van der Waals surface area contributed by atoms with Crippen LogP contribution in [0.25, 0.3) is 11.3 Å². The summed E-state index contributed by atoms with van der Waals surface area (Å²) in [4.78, 5) is 14.9. The number of benzene rings is 1. The molecule has 1 aromatic heterocycles. The van der Waals surface area contributed by atoms with Crippen molar-refractivity contribution in [2.45, 2.75) is 18.3 Å². The number of rotatable bonds is 6. The van der Waals surface area contributed by atoms with Gasteiger partial charge in [-0.3, -0.25) is 4.79 Å².